The lowest BCUT2D eigenvalue weighted by atomic mass is 10.0. The molecule has 0 saturated carbocycles. The fourth-order valence-corrected chi connectivity index (χ4v) is 3.22. The fourth-order valence-electron chi connectivity index (χ4n) is 3.22. The third kappa shape index (κ3) is 4.51. The minimum atomic E-state index is -0.886. The normalized spacial score (nSPS) is 12.2. The number of nitrogens with one attached hydrogen (secondary N) is 2. The van der Waals surface area contributed by atoms with Gasteiger partial charge in [0.15, 0.2) is 17.2 Å². The quantitative estimate of drug-likeness (QED) is 0.379. The maximum absolute atomic E-state index is 14.0. The van der Waals surface area contributed by atoms with Gasteiger partial charge in [0.05, 0.1) is 23.8 Å². The highest BCUT2D eigenvalue weighted by Crippen LogP contribution is 2.34. The predicted molar refractivity (Wildman–Crippen MR) is 114 cm³/mol. The molecule has 4 aromatic rings. The van der Waals surface area contributed by atoms with Gasteiger partial charge in [0.2, 0.25) is 0 Å². The molecule has 2 aromatic heterocycles. The molecule has 0 aliphatic heterocycles. The number of aliphatic hydroxyl groups excluding tert-OH is 1. The van der Waals surface area contributed by atoms with Crippen molar-refractivity contribution in [2.75, 3.05) is 19.0 Å². The van der Waals surface area contributed by atoms with Crippen LogP contribution in [-0.2, 0) is 11.3 Å². The fraction of sp³-hybridized carbons (Fsp3) is 0.227. The van der Waals surface area contributed by atoms with E-state index in [9.17, 15) is 13.9 Å². The summed E-state index contributed by atoms with van der Waals surface area (Å²) in [5, 5.41) is 20.6. The molecule has 0 aliphatic rings. The SMILES string of the molecule is COCc1ccccc1-c1[nH]nc2nc(Oc3ccc(F)cc3F)nc(NCC(C)O)c12. The maximum atomic E-state index is 14.0. The summed E-state index contributed by atoms with van der Waals surface area (Å²) in [7, 11) is 1.61. The molecule has 0 spiro atoms. The number of aromatic nitrogens is 4. The average Bonchev–Trinajstić information content (AvgIpc) is 3.18. The second-order valence-electron chi connectivity index (χ2n) is 7.15. The number of methoxy groups -OCH3 is 1. The van der Waals surface area contributed by atoms with Gasteiger partial charge in [-0.3, -0.25) is 5.10 Å². The van der Waals surface area contributed by atoms with E-state index in [1.54, 1.807) is 14.0 Å². The molecule has 32 heavy (non-hydrogen) atoms. The van der Waals surface area contributed by atoms with Crippen molar-refractivity contribution in [3.8, 4) is 23.0 Å². The standard InChI is InChI=1S/C22H21F2N5O3/c1-12(30)10-25-20-18-19(15-6-4-3-5-13(15)11-31-2)28-29-21(18)27-22(26-20)32-17-8-7-14(23)9-16(17)24/h3-9,12,30H,10-11H2,1-2H3,(H2,25,26,27,28,29). The summed E-state index contributed by atoms with van der Waals surface area (Å²) in [5.74, 6) is -1.50. The van der Waals surface area contributed by atoms with E-state index in [0.29, 0.717) is 29.6 Å². The van der Waals surface area contributed by atoms with Crippen LogP contribution in [0.3, 0.4) is 0 Å². The zero-order valence-corrected chi connectivity index (χ0v) is 17.4. The van der Waals surface area contributed by atoms with Gasteiger partial charge in [-0.25, -0.2) is 8.78 Å². The van der Waals surface area contributed by atoms with Gasteiger partial charge in [0.1, 0.15) is 11.6 Å². The highest BCUT2D eigenvalue weighted by molar-refractivity contribution is 5.99. The number of rotatable bonds is 8. The van der Waals surface area contributed by atoms with E-state index in [1.807, 2.05) is 24.3 Å². The zero-order valence-electron chi connectivity index (χ0n) is 17.4. The maximum Gasteiger partial charge on any atom is 0.326 e. The highest BCUT2D eigenvalue weighted by atomic mass is 19.1. The first-order valence-electron chi connectivity index (χ1n) is 9.84. The predicted octanol–water partition coefficient (Wildman–Crippen LogP) is 4.03. The van der Waals surface area contributed by atoms with E-state index >= 15 is 0 Å². The number of fused-ring (bicyclic) bond motifs is 1. The zero-order chi connectivity index (χ0) is 22.7. The van der Waals surface area contributed by atoms with Gasteiger partial charge in [-0.05, 0) is 24.6 Å². The molecule has 0 aliphatic carbocycles. The van der Waals surface area contributed by atoms with Crippen LogP contribution < -0.4 is 10.1 Å². The molecule has 166 valence electrons. The van der Waals surface area contributed by atoms with Crippen LogP contribution in [0.15, 0.2) is 42.5 Å². The van der Waals surface area contributed by atoms with Crippen LogP contribution in [0.5, 0.6) is 11.8 Å². The minimum absolute atomic E-state index is 0.181. The van der Waals surface area contributed by atoms with Crippen LogP contribution in [0, 0.1) is 11.6 Å². The molecule has 0 amide bonds. The molecule has 0 radical (unpaired) electrons. The smallest absolute Gasteiger partial charge is 0.326 e. The Morgan fingerprint density at radius 3 is 2.72 bits per heavy atom. The molecule has 0 bridgehead atoms. The number of ether oxygens (including phenoxy) is 2. The molecule has 4 rings (SSSR count). The van der Waals surface area contributed by atoms with Crippen LogP contribution in [0.1, 0.15) is 12.5 Å². The Morgan fingerprint density at radius 2 is 1.97 bits per heavy atom. The Bertz CT molecular complexity index is 1250. The molecule has 1 atom stereocenters. The van der Waals surface area contributed by atoms with Gasteiger partial charge in [-0.15, -0.1) is 0 Å². The number of anilines is 1. The van der Waals surface area contributed by atoms with Crippen molar-refractivity contribution < 1.29 is 23.4 Å². The number of halogens is 2. The Kier molecular flexibility index (Phi) is 6.24. The summed E-state index contributed by atoms with van der Waals surface area (Å²) in [4.78, 5) is 8.63. The summed E-state index contributed by atoms with van der Waals surface area (Å²) in [6, 6.07) is 10.4. The van der Waals surface area contributed by atoms with E-state index < -0.39 is 17.7 Å². The average molecular weight is 441 g/mol. The summed E-state index contributed by atoms with van der Waals surface area (Å²) in [6.07, 6.45) is -0.657. The molecule has 0 saturated heterocycles. The van der Waals surface area contributed by atoms with Crippen LogP contribution in [0.4, 0.5) is 14.6 Å². The van der Waals surface area contributed by atoms with Gasteiger partial charge in [0, 0.05) is 25.3 Å². The Labute approximate surface area is 182 Å². The first-order valence-corrected chi connectivity index (χ1v) is 9.84. The van der Waals surface area contributed by atoms with Crippen molar-refractivity contribution in [1.29, 1.82) is 0 Å². The van der Waals surface area contributed by atoms with Crippen LogP contribution >= 0.6 is 0 Å². The molecule has 0 fully saturated rings. The largest absolute Gasteiger partial charge is 0.421 e. The molecular weight excluding hydrogens is 420 g/mol. The lowest BCUT2D eigenvalue weighted by Crippen LogP contribution is -2.16. The molecular formula is C22H21F2N5O3. The third-order valence-electron chi connectivity index (χ3n) is 4.64. The highest BCUT2D eigenvalue weighted by Gasteiger charge is 2.20. The van der Waals surface area contributed by atoms with E-state index in [2.05, 4.69) is 25.5 Å². The topological polar surface area (TPSA) is 105 Å². The van der Waals surface area contributed by atoms with Gasteiger partial charge in [-0.1, -0.05) is 24.3 Å². The number of H-pyrrole nitrogens is 1. The first kappa shape index (κ1) is 21.6. The summed E-state index contributed by atoms with van der Waals surface area (Å²) >= 11 is 0. The molecule has 2 aromatic carbocycles. The van der Waals surface area contributed by atoms with Crippen molar-refractivity contribution in [3.05, 3.63) is 59.7 Å². The first-order chi connectivity index (χ1) is 15.5. The second-order valence-corrected chi connectivity index (χ2v) is 7.15. The number of benzene rings is 2. The van der Waals surface area contributed by atoms with Gasteiger partial charge in [0.25, 0.3) is 0 Å². The van der Waals surface area contributed by atoms with Crippen molar-refractivity contribution in [2.45, 2.75) is 19.6 Å². The number of hydrogen-bond donors (Lipinski definition) is 3. The molecule has 8 nitrogen and oxygen atoms in total. The van der Waals surface area contributed by atoms with E-state index in [4.69, 9.17) is 9.47 Å². The number of nitrogens with zero attached hydrogens (tertiary/aromatic N) is 3. The van der Waals surface area contributed by atoms with Crippen molar-refractivity contribution in [2.24, 2.45) is 0 Å². The van der Waals surface area contributed by atoms with Gasteiger partial charge in [-0.2, -0.15) is 15.1 Å². The van der Waals surface area contributed by atoms with Crippen LogP contribution in [-0.4, -0.2) is 45.0 Å². The molecule has 10 heteroatoms. The number of aliphatic hydroxyl groups is 1. The van der Waals surface area contributed by atoms with Crippen LogP contribution in [0.2, 0.25) is 0 Å². The summed E-state index contributed by atoms with van der Waals surface area (Å²) < 4.78 is 38.0. The molecule has 2 heterocycles. The van der Waals surface area contributed by atoms with Crippen molar-refractivity contribution in [1.82, 2.24) is 20.2 Å². The monoisotopic (exact) mass is 441 g/mol. The van der Waals surface area contributed by atoms with E-state index in [0.717, 1.165) is 23.3 Å². The second kappa shape index (κ2) is 9.25. The summed E-state index contributed by atoms with van der Waals surface area (Å²) in [6.45, 7) is 2.21. The number of hydrogen-bond acceptors (Lipinski definition) is 7. The Balaban J connectivity index is 1.82. The van der Waals surface area contributed by atoms with E-state index in [-0.39, 0.29) is 24.0 Å². The minimum Gasteiger partial charge on any atom is -0.421 e. The van der Waals surface area contributed by atoms with Crippen LogP contribution in [0.25, 0.3) is 22.3 Å². The van der Waals surface area contributed by atoms with Crippen molar-refractivity contribution in [3.63, 3.8) is 0 Å². The Morgan fingerprint density at radius 1 is 1.16 bits per heavy atom. The van der Waals surface area contributed by atoms with E-state index in [1.165, 1.54) is 0 Å². The molecule has 3 N–H and O–H groups in total. The number of aromatic amines is 1. The third-order valence-corrected chi connectivity index (χ3v) is 4.64. The summed E-state index contributed by atoms with van der Waals surface area (Å²) in [5.41, 5.74) is 2.70. The van der Waals surface area contributed by atoms with Crippen molar-refractivity contribution >= 4 is 16.9 Å². The van der Waals surface area contributed by atoms with Gasteiger partial charge < -0.3 is 19.9 Å². The molecule has 1 unspecified atom stereocenters. The lowest BCUT2D eigenvalue weighted by Gasteiger charge is -2.12. The van der Waals surface area contributed by atoms with Gasteiger partial charge >= 0.3 is 6.01 Å². The lowest BCUT2D eigenvalue weighted by molar-refractivity contribution is 0.185. The Hall–Kier alpha value is -3.63.